The van der Waals surface area contributed by atoms with Gasteiger partial charge in [0.1, 0.15) is 0 Å². The lowest BCUT2D eigenvalue weighted by atomic mass is 9.86. The van der Waals surface area contributed by atoms with E-state index in [9.17, 15) is 4.79 Å². The van der Waals surface area contributed by atoms with Crippen LogP contribution in [0, 0.1) is 5.92 Å². The third kappa shape index (κ3) is 2.81. The summed E-state index contributed by atoms with van der Waals surface area (Å²) in [6.45, 7) is 0.906. The number of carbonyl (C=O) groups is 1. The summed E-state index contributed by atoms with van der Waals surface area (Å²) in [5.74, 6) is 0.372. The van der Waals surface area contributed by atoms with Crippen LogP contribution in [0.25, 0.3) is 0 Å². The number of nitrogens with one attached hydrogen (secondary N) is 1. The van der Waals surface area contributed by atoms with Gasteiger partial charge >= 0.3 is 0 Å². The number of primary amides is 1. The Morgan fingerprint density at radius 2 is 2.16 bits per heavy atom. The van der Waals surface area contributed by atoms with Gasteiger partial charge in [-0.05, 0) is 67.7 Å². The van der Waals surface area contributed by atoms with Gasteiger partial charge in [-0.25, -0.2) is 0 Å². The lowest BCUT2D eigenvalue weighted by Crippen LogP contribution is -2.47. The maximum atomic E-state index is 11.3. The smallest absolute Gasteiger partial charge is 0.234 e. The van der Waals surface area contributed by atoms with Crippen molar-refractivity contribution in [2.75, 3.05) is 6.54 Å². The fraction of sp³-hybridized carbons (Fsp3) is 0.562. The standard InChI is InChI=1S/C16H22N2O/c17-16(19)15-10-12(6-7-18-15)8-11-4-5-13-2-1-3-14(13)9-11/h4-5,9,12,15,18H,1-3,6-8,10H2,(H2,17,19). The van der Waals surface area contributed by atoms with Crippen molar-refractivity contribution in [2.24, 2.45) is 11.7 Å². The Bertz CT molecular complexity index is 484. The molecule has 0 saturated carbocycles. The highest BCUT2D eigenvalue weighted by Gasteiger charge is 2.25. The minimum absolute atomic E-state index is 0.131. The molecule has 2 aliphatic rings. The zero-order valence-electron chi connectivity index (χ0n) is 11.3. The molecular formula is C16H22N2O. The second-order valence-corrected chi connectivity index (χ2v) is 5.96. The molecule has 3 rings (SSSR count). The van der Waals surface area contributed by atoms with Crippen LogP contribution in [0.4, 0.5) is 0 Å². The van der Waals surface area contributed by atoms with Crippen LogP contribution in [0.1, 0.15) is 36.0 Å². The Labute approximate surface area is 114 Å². The van der Waals surface area contributed by atoms with Crippen LogP contribution in [0.2, 0.25) is 0 Å². The van der Waals surface area contributed by atoms with Crippen LogP contribution in [-0.4, -0.2) is 18.5 Å². The highest BCUT2D eigenvalue weighted by atomic mass is 16.1. The second-order valence-electron chi connectivity index (χ2n) is 5.96. The van der Waals surface area contributed by atoms with Crippen LogP contribution in [0.5, 0.6) is 0 Å². The quantitative estimate of drug-likeness (QED) is 0.864. The van der Waals surface area contributed by atoms with E-state index >= 15 is 0 Å². The largest absolute Gasteiger partial charge is 0.368 e. The van der Waals surface area contributed by atoms with Gasteiger partial charge in [0.2, 0.25) is 5.91 Å². The third-order valence-corrected chi connectivity index (χ3v) is 4.54. The number of nitrogens with two attached hydrogens (primary N) is 1. The lowest BCUT2D eigenvalue weighted by molar-refractivity contribution is -0.120. The van der Waals surface area contributed by atoms with Crippen molar-refractivity contribution >= 4 is 5.91 Å². The maximum Gasteiger partial charge on any atom is 0.234 e. The van der Waals surface area contributed by atoms with Gasteiger partial charge in [0.25, 0.3) is 0 Å². The van der Waals surface area contributed by atoms with Gasteiger partial charge in [0.15, 0.2) is 0 Å². The molecule has 1 aromatic rings. The molecule has 3 N–H and O–H groups in total. The average Bonchev–Trinajstić information content (AvgIpc) is 2.86. The van der Waals surface area contributed by atoms with Crippen molar-refractivity contribution in [2.45, 2.75) is 44.6 Å². The van der Waals surface area contributed by atoms with E-state index in [0.29, 0.717) is 5.92 Å². The highest BCUT2D eigenvalue weighted by Crippen LogP contribution is 2.26. The molecule has 0 radical (unpaired) electrons. The Kier molecular flexibility index (Phi) is 3.56. The summed E-state index contributed by atoms with van der Waals surface area (Å²) < 4.78 is 0. The summed E-state index contributed by atoms with van der Waals surface area (Å²) in [6.07, 6.45) is 6.88. The van der Waals surface area contributed by atoms with Crippen molar-refractivity contribution in [3.63, 3.8) is 0 Å². The molecule has 2 atom stereocenters. The summed E-state index contributed by atoms with van der Waals surface area (Å²) in [4.78, 5) is 11.3. The molecule has 19 heavy (non-hydrogen) atoms. The van der Waals surface area contributed by atoms with Crippen LogP contribution >= 0.6 is 0 Å². The van der Waals surface area contributed by atoms with Gasteiger partial charge in [-0.2, -0.15) is 0 Å². The number of amides is 1. The number of hydrogen-bond acceptors (Lipinski definition) is 2. The lowest BCUT2D eigenvalue weighted by Gasteiger charge is -2.28. The average molecular weight is 258 g/mol. The number of rotatable bonds is 3. The fourth-order valence-corrected chi connectivity index (χ4v) is 3.48. The monoisotopic (exact) mass is 258 g/mol. The van der Waals surface area contributed by atoms with Crippen molar-refractivity contribution in [1.82, 2.24) is 5.32 Å². The van der Waals surface area contributed by atoms with Crippen LogP contribution in [0.15, 0.2) is 18.2 Å². The highest BCUT2D eigenvalue weighted by molar-refractivity contribution is 5.79. The molecule has 0 aromatic heterocycles. The van der Waals surface area contributed by atoms with Gasteiger partial charge in [-0.3, -0.25) is 4.79 Å². The van der Waals surface area contributed by atoms with Crippen molar-refractivity contribution < 1.29 is 4.79 Å². The molecule has 1 aliphatic carbocycles. The van der Waals surface area contributed by atoms with E-state index in [1.54, 1.807) is 0 Å². The number of carbonyl (C=O) groups excluding carboxylic acids is 1. The summed E-state index contributed by atoms with van der Waals surface area (Å²) in [5.41, 5.74) is 9.89. The van der Waals surface area contributed by atoms with Gasteiger partial charge in [0, 0.05) is 0 Å². The Morgan fingerprint density at radius 3 is 3.00 bits per heavy atom. The van der Waals surface area contributed by atoms with Gasteiger partial charge in [-0.1, -0.05) is 18.2 Å². The fourth-order valence-electron chi connectivity index (χ4n) is 3.48. The normalized spacial score (nSPS) is 26.1. The summed E-state index contributed by atoms with van der Waals surface area (Å²) in [6, 6.07) is 6.81. The minimum atomic E-state index is -0.210. The Balaban J connectivity index is 1.66. The van der Waals surface area contributed by atoms with Gasteiger partial charge in [0.05, 0.1) is 6.04 Å². The zero-order chi connectivity index (χ0) is 13.2. The molecule has 1 aliphatic heterocycles. The van der Waals surface area contributed by atoms with E-state index < -0.39 is 0 Å². The van der Waals surface area contributed by atoms with Gasteiger partial charge < -0.3 is 11.1 Å². The first-order valence-electron chi connectivity index (χ1n) is 7.36. The molecule has 3 nitrogen and oxygen atoms in total. The molecule has 1 aromatic carbocycles. The van der Waals surface area contributed by atoms with Crippen LogP contribution in [0.3, 0.4) is 0 Å². The number of benzene rings is 1. The molecule has 1 saturated heterocycles. The van der Waals surface area contributed by atoms with Crippen molar-refractivity contribution in [3.05, 3.63) is 34.9 Å². The number of hydrogen-bond donors (Lipinski definition) is 2. The first-order valence-corrected chi connectivity index (χ1v) is 7.36. The van der Waals surface area contributed by atoms with E-state index in [4.69, 9.17) is 5.73 Å². The van der Waals surface area contributed by atoms with Crippen LogP contribution in [-0.2, 0) is 24.1 Å². The van der Waals surface area contributed by atoms with Crippen molar-refractivity contribution in [1.29, 1.82) is 0 Å². The Morgan fingerprint density at radius 1 is 1.32 bits per heavy atom. The molecule has 0 spiro atoms. The van der Waals surface area contributed by atoms with Crippen LogP contribution < -0.4 is 11.1 Å². The van der Waals surface area contributed by atoms with Gasteiger partial charge in [-0.15, -0.1) is 0 Å². The van der Waals surface area contributed by atoms with E-state index in [0.717, 1.165) is 25.8 Å². The number of aryl methyl sites for hydroxylation is 2. The second kappa shape index (κ2) is 5.33. The van der Waals surface area contributed by atoms with E-state index in [1.807, 2.05) is 0 Å². The molecule has 2 unspecified atom stereocenters. The zero-order valence-corrected chi connectivity index (χ0v) is 11.3. The molecular weight excluding hydrogens is 236 g/mol. The third-order valence-electron chi connectivity index (χ3n) is 4.54. The SMILES string of the molecule is NC(=O)C1CC(Cc2ccc3c(c2)CCC3)CCN1. The molecule has 1 fully saturated rings. The Hall–Kier alpha value is -1.35. The molecule has 1 heterocycles. The molecule has 1 amide bonds. The molecule has 0 bridgehead atoms. The number of piperidine rings is 1. The van der Waals surface area contributed by atoms with E-state index in [-0.39, 0.29) is 11.9 Å². The maximum absolute atomic E-state index is 11.3. The molecule has 102 valence electrons. The van der Waals surface area contributed by atoms with Crippen molar-refractivity contribution in [3.8, 4) is 0 Å². The minimum Gasteiger partial charge on any atom is -0.368 e. The predicted octanol–water partition coefficient (Wildman–Crippen LogP) is 1.57. The summed E-state index contributed by atoms with van der Waals surface area (Å²) in [5, 5.41) is 3.20. The summed E-state index contributed by atoms with van der Waals surface area (Å²) in [7, 11) is 0. The first-order chi connectivity index (χ1) is 9.22. The first kappa shape index (κ1) is 12.7. The summed E-state index contributed by atoms with van der Waals surface area (Å²) >= 11 is 0. The molecule has 3 heteroatoms. The van der Waals surface area contributed by atoms with E-state index in [2.05, 4.69) is 23.5 Å². The predicted molar refractivity (Wildman–Crippen MR) is 75.9 cm³/mol. The van der Waals surface area contributed by atoms with E-state index in [1.165, 1.54) is 36.0 Å². The number of fused-ring (bicyclic) bond motifs is 1. The topological polar surface area (TPSA) is 55.1 Å².